The van der Waals surface area contributed by atoms with Gasteiger partial charge in [-0.3, -0.25) is 0 Å². The molecule has 0 radical (unpaired) electrons. The minimum atomic E-state index is -1.38. The molecule has 0 saturated heterocycles. The van der Waals surface area contributed by atoms with Crippen LogP contribution in [0, 0.1) is 0 Å². The minimum Gasteiger partial charge on any atom is -0.480 e. The van der Waals surface area contributed by atoms with Crippen LogP contribution in [-0.4, -0.2) is 41.4 Å². The molecule has 0 spiro atoms. The summed E-state index contributed by atoms with van der Waals surface area (Å²) >= 11 is 0. The number of carbonyl (C=O) groups excluding carboxylic acids is 2. The van der Waals surface area contributed by atoms with Crippen molar-refractivity contribution in [2.24, 2.45) is 0 Å². The lowest BCUT2D eigenvalue weighted by molar-refractivity contribution is -0.146. The van der Waals surface area contributed by atoms with Crippen LogP contribution < -0.4 is 5.32 Å². The van der Waals surface area contributed by atoms with Gasteiger partial charge in [-0.2, -0.15) is 0 Å². The Kier molecular flexibility index (Phi) is 6.04. The fourth-order valence-corrected chi connectivity index (χ4v) is 0.907. The summed E-state index contributed by atoms with van der Waals surface area (Å²) in [5, 5.41) is 11.0. The van der Waals surface area contributed by atoms with Crippen molar-refractivity contribution in [3.05, 3.63) is 12.2 Å². The molecule has 19 heavy (non-hydrogen) atoms. The van der Waals surface area contributed by atoms with Crippen LogP contribution >= 0.6 is 0 Å². The smallest absolute Gasteiger partial charge is 0.408 e. The summed E-state index contributed by atoms with van der Waals surface area (Å²) in [5.74, 6) is -2.06. The number of carboxylic acid groups (broad SMARTS) is 1. The first-order valence-electron chi connectivity index (χ1n) is 5.58. The number of nitrogens with one attached hydrogen (secondary N) is 1. The highest BCUT2D eigenvalue weighted by molar-refractivity contribution is 5.87. The maximum absolute atomic E-state index is 11.4. The van der Waals surface area contributed by atoms with Crippen LogP contribution in [-0.2, 0) is 19.1 Å². The van der Waals surface area contributed by atoms with Gasteiger partial charge >= 0.3 is 18.0 Å². The Balaban J connectivity index is 4.43. The van der Waals surface area contributed by atoms with E-state index >= 15 is 0 Å². The van der Waals surface area contributed by atoms with Crippen LogP contribution in [0.5, 0.6) is 0 Å². The maximum Gasteiger partial charge on any atom is 0.408 e. The lowest BCUT2D eigenvalue weighted by Crippen LogP contribution is -2.46. The first kappa shape index (κ1) is 16.9. The van der Waals surface area contributed by atoms with E-state index in [-0.39, 0.29) is 5.57 Å². The van der Waals surface area contributed by atoms with Crippen molar-refractivity contribution in [3.63, 3.8) is 0 Å². The van der Waals surface area contributed by atoms with Gasteiger partial charge in [0.05, 0.1) is 0 Å². The number of hydrogen-bond acceptors (Lipinski definition) is 5. The zero-order chi connectivity index (χ0) is 15.2. The Morgan fingerprint density at radius 1 is 1.32 bits per heavy atom. The molecule has 0 aliphatic heterocycles. The van der Waals surface area contributed by atoms with E-state index in [0.717, 1.165) is 0 Å². The molecule has 0 aromatic carbocycles. The molecule has 108 valence electrons. The Hall–Kier alpha value is -2.05. The number of esters is 1. The second-order valence-corrected chi connectivity index (χ2v) is 4.92. The van der Waals surface area contributed by atoms with Crippen molar-refractivity contribution >= 4 is 18.0 Å². The Morgan fingerprint density at radius 2 is 1.84 bits per heavy atom. The van der Waals surface area contributed by atoms with Crippen molar-refractivity contribution in [1.29, 1.82) is 0 Å². The summed E-state index contributed by atoms with van der Waals surface area (Å²) in [6, 6.07) is -1.38. The van der Waals surface area contributed by atoms with Gasteiger partial charge in [-0.25, -0.2) is 14.4 Å². The average Bonchev–Trinajstić information content (AvgIpc) is 2.20. The Labute approximate surface area is 111 Å². The normalized spacial score (nSPS) is 12.2. The summed E-state index contributed by atoms with van der Waals surface area (Å²) in [7, 11) is 0. The summed E-state index contributed by atoms with van der Waals surface area (Å²) in [4.78, 5) is 33.4. The van der Waals surface area contributed by atoms with Gasteiger partial charge in [-0.05, 0) is 27.7 Å². The van der Waals surface area contributed by atoms with Crippen molar-refractivity contribution < 1.29 is 29.0 Å². The van der Waals surface area contributed by atoms with E-state index in [2.05, 4.69) is 16.6 Å². The quantitative estimate of drug-likeness (QED) is 0.574. The van der Waals surface area contributed by atoms with E-state index in [4.69, 9.17) is 9.84 Å². The van der Waals surface area contributed by atoms with E-state index in [1.54, 1.807) is 20.8 Å². The molecule has 0 fully saturated rings. The number of ether oxygens (including phenoxy) is 2. The topological polar surface area (TPSA) is 102 Å². The zero-order valence-corrected chi connectivity index (χ0v) is 11.5. The highest BCUT2D eigenvalue weighted by Crippen LogP contribution is 2.07. The van der Waals surface area contributed by atoms with Crippen LogP contribution in [0.2, 0.25) is 0 Å². The highest BCUT2D eigenvalue weighted by Gasteiger charge is 2.25. The molecule has 0 aliphatic rings. The number of carboxylic acids is 1. The lowest BCUT2D eigenvalue weighted by atomic mass is 10.2. The summed E-state index contributed by atoms with van der Waals surface area (Å²) in [6.07, 6.45) is -0.897. The molecular formula is C12H19NO6. The largest absolute Gasteiger partial charge is 0.480 e. The van der Waals surface area contributed by atoms with E-state index in [1.165, 1.54) is 6.92 Å². The van der Waals surface area contributed by atoms with E-state index in [9.17, 15) is 14.4 Å². The van der Waals surface area contributed by atoms with Gasteiger partial charge in [0.15, 0.2) is 6.04 Å². The van der Waals surface area contributed by atoms with Gasteiger partial charge in [0.2, 0.25) is 0 Å². The van der Waals surface area contributed by atoms with Gasteiger partial charge in [-0.15, -0.1) is 0 Å². The molecule has 0 aromatic rings. The Morgan fingerprint density at radius 3 is 2.21 bits per heavy atom. The molecule has 0 saturated carbocycles. The molecule has 0 rings (SSSR count). The van der Waals surface area contributed by atoms with Crippen molar-refractivity contribution in [1.82, 2.24) is 5.32 Å². The predicted molar refractivity (Wildman–Crippen MR) is 66.6 cm³/mol. The summed E-state index contributed by atoms with van der Waals surface area (Å²) in [6.45, 7) is 9.21. The third-order valence-corrected chi connectivity index (χ3v) is 1.72. The number of hydrogen-bond donors (Lipinski definition) is 2. The second-order valence-electron chi connectivity index (χ2n) is 4.92. The first-order valence-corrected chi connectivity index (χ1v) is 5.58. The molecule has 1 unspecified atom stereocenters. The molecule has 0 aliphatic carbocycles. The summed E-state index contributed by atoms with van der Waals surface area (Å²) < 4.78 is 9.57. The standard InChI is InChI=1S/C12H19NO6/c1-7(2)10(16)18-6-8(9(14)15)13-11(17)19-12(3,4)5/h8H,1,6H2,2-5H3,(H,13,17)(H,14,15). The van der Waals surface area contributed by atoms with Crippen LogP contribution in [0.15, 0.2) is 12.2 Å². The Bertz CT molecular complexity index is 382. The van der Waals surface area contributed by atoms with Gasteiger partial charge in [0, 0.05) is 5.57 Å². The molecule has 0 aromatic heterocycles. The molecule has 2 N–H and O–H groups in total. The average molecular weight is 273 g/mol. The third kappa shape index (κ3) is 7.80. The molecule has 0 bridgehead atoms. The van der Waals surface area contributed by atoms with Crippen LogP contribution in [0.3, 0.4) is 0 Å². The number of amides is 1. The fourth-order valence-electron chi connectivity index (χ4n) is 0.907. The zero-order valence-electron chi connectivity index (χ0n) is 11.5. The van der Waals surface area contributed by atoms with E-state index < -0.39 is 36.3 Å². The third-order valence-electron chi connectivity index (χ3n) is 1.72. The predicted octanol–water partition coefficient (Wildman–Crippen LogP) is 1.08. The van der Waals surface area contributed by atoms with Gasteiger partial charge in [0.1, 0.15) is 12.2 Å². The molecule has 0 heterocycles. The van der Waals surface area contributed by atoms with Gasteiger partial charge < -0.3 is 19.9 Å². The van der Waals surface area contributed by atoms with Crippen molar-refractivity contribution in [3.8, 4) is 0 Å². The number of rotatable bonds is 5. The highest BCUT2D eigenvalue weighted by atomic mass is 16.6. The molecule has 1 amide bonds. The first-order chi connectivity index (χ1) is 8.53. The van der Waals surface area contributed by atoms with Crippen LogP contribution in [0.25, 0.3) is 0 Å². The molecule has 1 atom stereocenters. The van der Waals surface area contributed by atoms with E-state index in [1.807, 2.05) is 0 Å². The second kappa shape index (κ2) is 6.77. The lowest BCUT2D eigenvalue weighted by Gasteiger charge is -2.21. The number of carbonyl (C=O) groups is 3. The molecule has 7 nitrogen and oxygen atoms in total. The fraction of sp³-hybridized carbons (Fsp3) is 0.583. The van der Waals surface area contributed by atoms with Crippen molar-refractivity contribution in [2.75, 3.05) is 6.61 Å². The monoisotopic (exact) mass is 273 g/mol. The summed E-state index contributed by atoms with van der Waals surface area (Å²) in [5.41, 5.74) is -0.608. The molecular weight excluding hydrogens is 254 g/mol. The van der Waals surface area contributed by atoms with Crippen molar-refractivity contribution in [2.45, 2.75) is 39.3 Å². The van der Waals surface area contributed by atoms with Gasteiger partial charge in [-0.1, -0.05) is 6.58 Å². The molecule has 7 heteroatoms. The minimum absolute atomic E-state index is 0.140. The van der Waals surface area contributed by atoms with Crippen LogP contribution in [0.1, 0.15) is 27.7 Å². The van der Waals surface area contributed by atoms with E-state index in [0.29, 0.717) is 0 Å². The van der Waals surface area contributed by atoms with Gasteiger partial charge in [0.25, 0.3) is 0 Å². The number of aliphatic carboxylic acids is 1. The number of alkyl carbamates (subject to hydrolysis) is 1. The SMILES string of the molecule is C=C(C)C(=O)OCC(NC(=O)OC(C)(C)C)C(=O)O. The maximum atomic E-state index is 11.4. The van der Waals surface area contributed by atoms with Crippen LogP contribution in [0.4, 0.5) is 4.79 Å².